The van der Waals surface area contributed by atoms with E-state index < -0.39 is 11.8 Å². The van der Waals surface area contributed by atoms with Gasteiger partial charge in [0, 0.05) is 10.6 Å². The molecule has 2 aromatic rings. The summed E-state index contributed by atoms with van der Waals surface area (Å²) in [4.78, 5) is 10.9. The van der Waals surface area contributed by atoms with Crippen molar-refractivity contribution in [3.05, 3.63) is 52.8 Å². The molecule has 2 rings (SSSR count). The number of ether oxygens (including phenoxy) is 1. The van der Waals surface area contributed by atoms with E-state index >= 15 is 0 Å². The van der Waals surface area contributed by atoms with Gasteiger partial charge in [0.2, 0.25) is 0 Å². The molecule has 0 fully saturated rings. The smallest absolute Gasteiger partial charge is 0.338 e. The van der Waals surface area contributed by atoms with Crippen LogP contribution in [0.2, 0.25) is 5.02 Å². The Labute approximate surface area is 114 Å². The van der Waals surface area contributed by atoms with Crippen molar-refractivity contribution < 1.29 is 19.0 Å². The summed E-state index contributed by atoms with van der Waals surface area (Å²) < 4.78 is 18.5. The van der Waals surface area contributed by atoms with Gasteiger partial charge >= 0.3 is 5.97 Å². The van der Waals surface area contributed by atoms with Crippen LogP contribution >= 0.6 is 11.6 Å². The minimum atomic E-state index is -1.32. The molecule has 0 atom stereocenters. The summed E-state index contributed by atoms with van der Waals surface area (Å²) in [6, 6.07) is 8.81. The second kappa shape index (κ2) is 5.28. The number of carboxylic acids is 1. The lowest BCUT2D eigenvalue weighted by atomic mass is 10.0. The fraction of sp³-hybridized carbons (Fsp3) is 0.0714. The van der Waals surface area contributed by atoms with Gasteiger partial charge in [-0.1, -0.05) is 17.7 Å². The van der Waals surface area contributed by atoms with Gasteiger partial charge in [-0.2, -0.15) is 0 Å². The summed E-state index contributed by atoms with van der Waals surface area (Å²) in [6.45, 7) is 0. The maximum Gasteiger partial charge on any atom is 0.338 e. The number of halogens is 2. The second-order valence-electron chi connectivity index (χ2n) is 3.84. The minimum Gasteiger partial charge on any atom is -0.496 e. The molecule has 0 radical (unpaired) electrons. The maximum atomic E-state index is 13.4. The summed E-state index contributed by atoms with van der Waals surface area (Å²) in [7, 11) is 1.49. The standard InChI is InChI=1S/C14H10ClFO3/c1-19-13-5-3-9(15)7-10(13)8-2-4-12(16)11(6-8)14(17)18/h2-7H,1H3,(H,17,18). The molecule has 2 aromatic carbocycles. The van der Waals surface area contributed by atoms with Crippen LogP contribution in [0.15, 0.2) is 36.4 Å². The maximum absolute atomic E-state index is 13.4. The van der Waals surface area contributed by atoms with Crippen molar-refractivity contribution in [1.29, 1.82) is 0 Å². The molecular formula is C14H10ClFO3. The summed E-state index contributed by atoms with van der Waals surface area (Å²) in [5, 5.41) is 9.40. The molecule has 3 nitrogen and oxygen atoms in total. The topological polar surface area (TPSA) is 46.5 Å². The molecule has 0 amide bonds. The van der Waals surface area contributed by atoms with Crippen molar-refractivity contribution in [1.82, 2.24) is 0 Å². The Morgan fingerprint density at radius 1 is 1.26 bits per heavy atom. The summed E-state index contributed by atoms with van der Waals surface area (Å²) in [5.41, 5.74) is 0.746. The first-order valence-corrected chi connectivity index (χ1v) is 5.77. The Bertz CT molecular complexity index is 641. The first-order valence-electron chi connectivity index (χ1n) is 5.39. The van der Waals surface area contributed by atoms with Gasteiger partial charge in [0.15, 0.2) is 0 Å². The fourth-order valence-corrected chi connectivity index (χ4v) is 1.93. The molecule has 0 aromatic heterocycles. The van der Waals surface area contributed by atoms with Crippen LogP contribution in [0.3, 0.4) is 0 Å². The molecule has 5 heteroatoms. The number of carboxylic acid groups (broad SMARTS) is 1. The largest absolute Gasteiger partial charge is 0.496 e. The van der Waals surface area contributed by atoms with Crippen molar-refractivity contribution in [3.8, 4) is 16.9 Å². The number of carbonyl (C=O) groups is 1. The third-order valence-electron chi connectivity index (χ3n) is 2.67. The predicted molar refractivity (Wildman–Crippen MR) is 70.4 cm³/mol. The summed E-state index contributed by atoms with van der Waals surface area (Å²) in [6.07, 6.45) is 0. The third-order valence-corrected chi connectivity index (χ3v) is 2.90. The first kappa shape index (κ1) is 13.4. The van der Waals surface area contributed by atoms with E-state index in [0.717, 1.165) is 6.07 Å². The van der Waals surface area contributed by atoms with Crippen molar-refractivity contribution >= 4 is 17.6 Å². The molecule has 0 aliphatic rings. The molecule has 0 heterocycles. The van der Waals surface area contributed by atoms with E-state index in [1.807, 2.05) is 0 Å². The Kier molecular flexibility index (Phi) is 3.71. The SMILES string of the molecule is COc1ccc(Cl)cc1-c1ccc(F)c(C(=O)O)c1. The molecule has 0 unspecified atom stereocenters. The lowest BCUT2D eigenvalue weighted by Crippen LogP contribution is -2.00. The average molecular weight is 281 g/mol. The van der Waals surface area contributed by atoms with Crippen LogP contribution < -0.4 is 4.74 Å². The zero-order valence-corrected chi connectivity index (χ0v) is 10.7. The Hall–Kier alpha value is -2.07. The number of hydrogen-bond donors (Lipinski definition) is 1. The highest BCUT2D eigenvalue weighted by Gasteiger charge is 2.14. The van der Waals surface area contributed by atoms with E-state index in [2.05, 4.69) is 0 Å². The quantitative estimate of drug-likeness (QED) is 0.929. The molecule has 0 spiro atoms. The zero-order valence-electron chi connectivity index (χ0n) is 9.98. The number of aromatic carboxylic acids is 1. The summed E-state index contributed by atoms with van der Waals surface area (Å²) in [5.74, 6) is -1.56. The van der Waals surface area contributed by atoms with Gasteiger partial charge < -0.3 is 9.84 Å². The first-order chi connectivity index (χ1) is 9.02. The van der Waals surface area contributed by atoms with Crippen molar-refractivity contribution in [3.63, 3.8) is 0 Å². The van der Waals surface area contributed by atoms with E-state index in [0.29, 0.717) is 21.9 Å². The monoisotopic (exact) mass is 280 g/mol. The average Bonchev–Trinajstić information content (AvgIpc) is 2.39. The Balaban J connectivity index is 2.62. The van der Waals surface area contributed by atoms with Crippen LogP contribution in [0, 0.1) is 5.82 Å². The fourth-order valence-electron chi connectivity index (χ4n) is 1.76. The number of rotatable bonds is 3. The summed E-state index contributed by atoms with van der Waals surface area (Å²) >= 11 is 5.91. The highest BCUT2D eigenvalue weighted by Crippen LogP contribution is 2.33. The van der Waals surface area contributed by atoms with Crippen molar-refractivity contribution in [2.24, 2.45) is 0 Å². The lowest BCUT2D eigenvalue weighted by molar-refractivity contribution is 0.0692. The van der Waals surface area contributed by atoms with Crippen LogP contribution in [0.4, 0.5) is 4.39 Å². The normalized spacial score (nSPS) is 10.3. The van der Waals surface area contributed by atoms with Crippen LogP contribution in [0.25, 0.3) is 11.1 Å². The molecular weight excluding hydrogens is 271 g/mol. The third kappa shape index (κ3) is 2.69. The molecule has 0 aliphatic heterocycles. The minimum absolute atomic E-state index is 0.389. The van der Waals surface area contributed by atoms with E-state index in [4.69, 9.17) is 21.4 Å². The van der Waals surface area contributed by atoms with Crippen molar-refractivity contribution in [2.45, 2.75) is 0 Å². The van der Waals surface area contributed by atoms with E-state index in [9.17, 15) is 9.18 Å². The van der Waals surface area contributed by atoms with Gasteiger partial charge in [-0.25, -0.2) is 9.18 Å². The van der Waals surface area contributed by atoms with Crippen LogP contribution in [-0.4, -0.2) is 18.2 Å². The predicted octanol–water partition coefficient (Wildman–Crippen LogP) is 3.85. The second-order valence-corrected chi connectivity index (χ2v) is 4.28. The zero-order chi connectivity index (χ0) is 14.0. The van der Waals surface area contributed by atoms with Crippen LogP contribution in [0.1, 0.15) is 10.4 Å². The highest BCUT2D eigenvalue weighted by molar-refractivity contribution is 6.31. The molecule has 0 saturated carbocycles. The van der Waals surface area contributed by atoms with Crippen molar-refractivity contribution in [2.75, 3.05) is 7.11 Å². The number of benzene rings is 2. The molecule has 0 bridgehead atoms. The van der Waals surface area contributed by atoms with Gasteiger partial charge in [0.25, 0.3) is 0 Å². The Morgan fingerprint density at radius 3 is 2.63 bits per heavy atom. The molecule has 0 aliphatic carbocycles. The van der Waals surface area contributed by atoms with Gasteiger partial charge in [-0.15, -0.1) is 0 Å². The molecule has 19 heavy (non-hydrogen) atoms. The van der Waals surface area contributed by atoms with Gasteiger partial charge in [0.05, 0.1) is 12.7 Å². The van der Waals surface area contributed by atoms with Gasteiger partial charge in [-0.3, -0.25) is 0 Å². The lowest BCUT2D eigenvalue weighted by Gasteiger charge is -2.10. The van der Waals surface area contributed by atoms with E-state index in [-0.39, 0.29) is 5.56 Å². The van der Waals surface area contributed by atoms with Crippen LogP contribution in [0.5, 0.6) is 5.75 Å². The number of methoxy groups -OCH3 is 1. The molecule has 98 valence electrons. The molecule has 1 N–H and O–H groups in total. The Morgan fingerprint density at radius 2 is 2.00 bits per heavy atom. The van der Waals surface area contributed by atoms with Gasteiger partial charge in [0.1, 0.15) is 11.6 Å². The van der Waals surface area contributed by atoms with E-state index in [1.54, 1.807) is 18.2 Å². The highest BCUT2D eigenvalue weighted by atomic mass is 35.5. The molecule has 0 saturated heterocycles. The van der Waals surface area contributed by atoms with E-state index in [1.165, 1.54) is 19.2 Å². The van der Waals surface area contributed by atoms with Gasteiger partial charge in [-0.05, 0) is 35.9 Å². The van der Waals surface area contributed by atoms with Crippen LogP contribution in [-0.2, 0) is 0 Å². The number of hydrogen-bond acceptors (Lipinski definition) is 2.